The number of nitrogens with one attached hydrogen (secondary N) is 2. The Hall–Kier alpha value is -2.57. The summed E-state index contributed by atoms with van der Waals surface area (Å²) in [5.41, 5.74) is 1.49. The van der Waals surface area contributed by atoms with Gasteiger partial charge < -0.3 is 25.2 Å². The van der Waals surface area contributed by atoms with Crippen LogP contribution in [0.3, 0.4) is 0 Å². The molecule has 0 aromatic heterocycles. The minimum Gasteiger partial charge on any atom is -0.491 e. The standard InChI is InChI=1S/C25H36N2O4/c1-18(2)30-21-13-9-12-20(14-21)16-26-17-23(28)22(15-19-10-7-6-8-11-19)27-24(29)31-25(3,4)5/h6-14,18,22-23,26,28H,15-17H2,1-5H3,(H,27,29)/t22-,23+/m0/s1. The van der Waals surface area contributed by atoms with Crippen molar-refractivity contribution in [3.8, 4) is 5.75 Å². The number of aliphatic hydroxyl groups excluding tert-OH is 1. The van der Waals surface area contributed by atoms with Crippen LogP contribution < -0.4 is 15.4 Å². The first-order valence-corrected chi connectivity index (χ1v) is 10.8. The van der Waals surface area contributed by atoms with E-state index in [2.05, 4.69) is 10.6 Å². The molecule has 0 heterocycles. The maximum absolute atomic E-state index is 12.3. The summed E-state index contributed by atoms with van der Waals surface area (Å²) in [7, 11) is 0. The highest BCUT2D eigenvalue weighted by Crippen LogP contribution is 2.15. The number of rotatable bonds is 10. The van der Waals surface area contributed by atoms with Crippen LogP contribution in [0.25, 0.3) is 0 Å². The van der Waals surface area contributed by atoms with Crippen molar-refractivity contribution in [2.75, 3.05) is 6.54 Å². The van der Waals surface area contributed by atoms with E-state index in [9.17, 15) is 9.90 Å². The van der Waals surface area contributed by atoms with Gasteiger partial charge in [0.15, 0.2) is 0 Å². The van der Waals surface area contributed by atoms with Crippen molar-refractivity contribution in [3.05, 3.63) is 65.7 Å². The Balaban J connectivity index is 1.96. The number of amides is 1. The molecular weight excluding hydrogens is 392 g/mol. The SMILES string of the molecule is CC(C)Oc1cccc(CNC[C@@H](O)[C@H](Cc2ccccc2)NC(=O)OC(C)(C)C)c1. The van der Waals surface area contributed by atoms with Crippen LogP contribution in [0.4, 0.5) is 4.79 Å². The third kappa shape index (κ3) is 9.85. The first-order valence-electron chi connectivity index (χ1n) is 10.8. The molecule has 6 heteroatoms. The highest BCUT2D eigenvalue weighted by atomic mass is 16.6. The number of benzene rings is 2. The van der Waals surface area contributed by atoms with Crippen LogP contribution >= 0.6 is 0 Å². The predicted molar refractivity (Wildman–Crippen MR) is 123 cm³/mol. The molecule has 6 nitrogen and oxygen atoms in total. The summed E-state index contributed by atoms with van der Waals surface area (Å²) in [6.07, 6.45) is -0.711. The van der Waals surface area contributed by atoms with Gasteiger partial charge in [0.2, 0.25) is 0 Å². The zero-order valence-electron chi connectivity index (χ0n) is 19.2. The van der Waals surface area contributed by atoms with Gasteiger partial charge >= 0.3 is 6.09 Å². The Labute approximate surface area is 186 Å². The van der Waals surface area contributed by atoms with Crippen molar-refractivity contribution in [2.24, 2.45) is 0 Å². The van der Waals surface area contributed by atoms with E-state index in [4.69, 9.17) is 9.47 Å². The number of hydrogen-bond acceptors (Lipinski definition) is 5. The highest BCUT2D eigenvalue weighted by molar-refractivity contribution is 5.68. The molecule has 0 saturated carbocycles. The van der Waals surface area contributed by atoms with Crippen LogP contribution in [0.2, 0.25) is 0 Å². The molecule has 0 bridgehead atoms. The van der Waals surface area contributed by atoms with Gasteiger partial charge in [-0.15, -0.1) is 0 Å². The molecule has 170 valence electrons. The lowest BCUT2D eigenvalue weighted by atomic mass is 10.0. The van der Waals surface area contributed by atoms with Gasteiger partial charge in [0.05, 0.1) is 18.2 Å². The van der Waals surface area contributed by atoms with Gasteiger partial charge in [-0.05, 0) is 64.3 Å². The van der Waals surface area contributed by atoms with Crippen molar-refractivity contribution in [1.29, 1.82) is 0 Å². The van der Waals surface area contributed by atoms with Crippen LogP contribution in [-0.4, -0.2) is 41.6 Å². The number of ether oxygens (including phenoxy) is 2. The second-order valence-electron chi connectivity index (χ2n) is 8.95. The Bertz CT molecular complexity index is 803. The third-order valence-electron chi connectivity index (χ3n) is 4.42. The first-order chi connectivity index (χ1) is 14.6. The normalized spacial score (nSPS) is 13.5. The molecule has 0 saturated heterocycles. The molecule has 2 rings (SSSR count). The van der Waals surface area contributed by atoms with Gasteiger partial charge in [-0.2, -0.15) is 0 Å². The molecular formula is C25H36N2O4. The quantitative estimate of drug-likeness (QED) is 0.532. The van der Waals surface area contributed by atoms with E-state index in [0.29, 0.717) is 19.5 Å². The maximum atomic E-state index is 12.3. The molecule has 0 unspecified atom stereocenters. The van der Waals surface area contributed by atoms with E-state index in [1.54, 1.807) is 0 Å². The number of alkyl carbamates (subject to hydrolysis) is 1. The predicted octanol–water partition coefficient (Wildman–Crippen LogP) is 4.06. The van der Waals surface area contributed by atoms with Crippen LogP contribution in [0.5, 0.6) is 5.75 Å². The fourth-order valence-corrected chi connectivity index (χ4v) is 3.12. The van der Waals surface area contributed by atoms with E-state index in [1.807, 2.05) is 89.2 Å². The number of hydrogen-bond donors (Lipinski definition) is 3. The second kappa shape index (κ2) is 11.7. The molecule has 0 aliphatic heterocycles. The summed E-state index contributed by atoms with van der Waals surface area (Å²) < 4.78 is 11.1. The molecule has 2 atom stereocenters. The van der Waals surface area contributed by atoms with Crippen molar-refractivity contribution < 1.29 is 19.4 Å². The van der Waals surface area contributed by atoms with Crippen molar-refractivity contribution in [1.82, 2.24) is 10.6 Å². The topological polar surface area (TPSA) is 79.8 Å². The minimum absolute atomic E-state index is 0.114. The van der Waals surface area contributed by atoms with Crippen LogP contribution in [0, 0.1) is 0 Å². The Kier molecular flexibility index (Phi) is 9.34. The summed E-state index contributed by atoms with van der Waals surface area (Å²) in [6.45, 7) is 10.3. The van der Waals surface area contributed by atoms with Crippen LogP contribution in [0.1, 0.15) is 45.7 Å². The van der Waals surface area contributed by atoms with Gasteiger partial charge in [-0.1, -0.05) is 42.5 Å². The van der Waals surface area contributed by atoms with E-state index < -0.39 is 23.8 Å². The molecule has 3 N–H and O–H groups in total. The van der Waals surface area contributed by atoms with Gasteiger partial charge in [0.1, 0.15) is 11.4 Å². The summed E-state index contributed by atoms with van der Waals surface area (Å²) >= 11 is 0. The number of aliphatic hydroxyl groups is 1. The van der Waals surface area contributed by atoms with Crippen molar-refractivity contribution >= 4 is 6.09 Å². The summed E-state index contributed by atoms with van der Waals surface area (Å²) in [6, 6.07) is 17.2. The molecule has 2 aromatic carbocycles. The van der Waals surface area contributed by atoms with Crippen LogP contribution in [0.15, 0.2) is 54.6 Å². The zero-order chi connectivity index (χ0) is 22.9. The average molecular weight is 429 g/mol. The third-order valence-corrected chi connectivity index (χ3v) is 4.42. The molecule has 0 radical (unpaired) electrons. The van der Waals surface area contributed by atoms with E-state index in [-0.39, 0.29) is 6.10 Å². The maximum Gasteiger partial charge on any atom is 0.407 e. The largest absolute Gasteiger partial charge is 0.491 e. The van der Waals surface area contributed by atoms with Crippen molar-refractivity contribution in [2.45, 2.75) is 71.4 Å². The Morgan fingerprint density at radius 3 is 2.35 bits per heavy atom. The second-order valence-corrected chi connectivity index (χ2v) is 8.95. The zero-order valence-corrected chi connectivity index (χ0v) is 19.2. The molecule has 31 heavy (non-hydrogen) atoms. The number of carbonyl (C=O) groups excluding carboxylic acids is 1. The summed E-state index contributed by atoms with van der Waals surface area (Å²) in [5, 5.41) is 16.9. The van der Waals surface area contributed by atoms with Crippen LogP contribution in [-0.2, 0) is 17.7 Å². The fraction of sp³-hybridized carbons (Fsp3) is 0.480. The first kappa shape index (κ1) is 24.7. The molecule has 2 aromatic rings. The lowest BCUT2D eigenvalue weighted by Gasteiger charge is -2.27. The van der Waals surface area contributed by atoms with Gasteiger partial charge in [0, 0.05) is 13.1 Å². The molecule has 0 aliphatic rings. The van der Waals surface area contributed by atoms with E-state index in [1.165, 1.54) is 0 Å². The van der Waals surface area contributed by atoms with Crippen molar-refractivity contribution in [3.63, 3.8) is 0 Å². The monoisotopic (exact) mass is 428 g/mol. The smallest absolute Gasteiger partial charge is 0.407 e. The lowest BCUT2D eigenvalue weighted by Crippen LogP contribution is -2.49. The molecule has 0 fully saturated rings. The van der Waals surface area contributed by atoms with Gasteiger partial charge in [-0.25, -0.2) is 4.79 Å². The lowest BCUT2D eigenvalue weighted by molar-refractivity contribution is 0.0422. The van der Waals surface area contributed by atoms with E-state index >= 15 is 0 Å². The molecule has 0 aliphatic carbocycles. The fourth-order valence-electron chi connectivity index (χ4n) is 3.12. The Morgan fingerprint density at radius 2 is 1.71 bits per heavy atom. The molecule has 1 amide bonds. The highest BCUT2D eigenvalue weighted by Gasteiger charge is 2.24. The average Bonchev–Trinajstić information content (AvgIpc) is 2.66. The Morgan fingerprint density at radius 1 is 1.03 bits per heavy atom. The number of carbonyl (C=O) groups is 1. The van der Waals surface area contributed by atoms with Gasteiger partial charge in [0.25, 0.3) is 0 Å². The minimum atomic E-state index is -0.789. The van der Waals surface area contributed by atoms with E-state index in [0.717, 1.165) is 16.9 Å². The summed E-state index contributed by atoms with van der Waals surface area (Å²) in [5.74, 6) is 0.823. The van der Waals surface area contributed by atoms with Gasteiger partial charge in [-0.3, -0.25) is 0 Å². The molecule has 0 spiro atoms. The summed E-state index contributed by atoms with van der Waals surface area (Å²) in [4.78, 5) is 12.3.